The molecule has 1 aromatic carbocycles. The lowest BCUT2D eigenvalue weighted by atomic mass is 10.1. The van der Waals surface area contributed by atoms with Crippen LogP contribution in [-0.4, -0.2) is 33.5 Å². The van der Waals surface area contributed by atoms with Gasteiger partial charge in [-0.15, -0.1) is 0 Å². The molecule has 1 aliphatic carbocycles. The van der Waals surface area contributed by atoms with Gasteiger partial charge in [0.15, 0.2) is 0 Å². The molecule has 22 heavy (non-hydrogen) atoms. The highest BCUT2D eigenvalue weighted by molar-refractivity contribution is 7.89. The van der Waals surface area contributed by atoms with Crippen LogP contribution in [0.1, 0.15) is 35.7 Å². The van der Waals surface area contributed by atoms with Crippen LogP contribution in [0.5, 0.6) is 0 Å². The predicted molar refractivity (Wildman–Crippen MR) is 85.1 cm³/mol. The van der Waals surface area contributed by atoms with E-state index >= 15 is 0 Å². The molecule has 1 aliphatic rings. The first-order valence-corrected chi connectivity index (χ1v) is 8.98. The Morgan fingerprint density at radius 1 is 1.41 bits per heavy atom. The van der Waals surface area contributed by atoms with Crippen molar-refractivity contribution in [1.82, 2.24) is 10.0 Å². The van der Waals surface area contributed by atoms with Crippen LogP contribution < -0.4 is 15.8 Å². The average Bonchev–Trinajstić information content (AvgIpc) is 3.29. The van der Waals surface area contributed by atoms with E-state index in [0.717, 1.165) is 18.4 Å². The molecular weight excluding hydrogens is 302 g/mol. The summed E-state index contributed by atoms with van der Waals surface area (Å²) in [6, 6.07) is 4.53. The van der Waals surface area contributed by atoms with Crippen LogP contribution in [0.25, 0.3) is 0 Å². The largest absolute Gasteiger partial charge is 0.348 e. The van der Waals surface area contributed by atoms with Crippen LogP contribution in [0.3, 0.4) is 0 Å². The summed E-state index contributed by atoms with van der Waals surface area (Å²) in [6.07, 6.45) is 2.16. The van der Waals surface area contributed by atoms with Crippen molar-refractivity contribution in [2.75, 3.05) is 13.1 Å². The van der Waals surface area contributed by atoms with Crippen molar-refractivity contribution in [3.05, 3.63) is 29.3 Å². The third kappa shape index (κ3) is 3.85. The van der Waals surface area contributed by atoms with Crippen molar-refractivity contribution in [2.24, 2.45) is 11.7 Å². The fourth-order valence-electron chi connectivity index (χ4n) is 2.40. The molecular formula is C15H23N3O3S. The lowest BCUT2D eigenvalue weighted by Crippen LogP contribution is -2.42. The minimum Gasteiger partial charge on any atom is -0.348 e. The zero-order valence-electron chi connectivity index (χ0n) is 12.9. The second-order valence-electron chi connectivity index (χ2n) is 5.63. The molecule has 1 saturated carbocycles. The number of hydrogen-bond acceptors (Lipinski definition) is 4. The van der Waals surface area contributed by atoms with Gasteiger partial charge >= 0.3 is 0 Å². The Hall–Kier alpha value is -1.44. The Kier molecular flexibility index (Phi) is 5.20. The van der Waals surface area contributed by atoms with Gasteiger partial charge in [-0.3, -0.25) is 4.79 Å². The summed E-state index contributed by atoms with van der Waals surface area (Å²) in [5, 5.41) is 2.92. The van der Waals surface area contributed by atoms with Gasteiger partial charge in [-0.2, -0.15) is 0 Å². The van der Waals surface area contributed by atoms with Gasteiger partial charge in [-0.1, -0.05) is 13.0 Å². The van der Waals surface area contributed by atoms with Gasteiger partial charge < -0.3 is 11.1 Å². The highest BCUT2D eigenvalue weighted by Gasteiger charge is 2.31. The van der Waals surface area contributed by atoms with E-state index < -0.39 is 10.0 Å². The Labute approximate surface area is 131 Å². The van der Waals surface area contributed by atoms with Crippen molar-refractivity contribution < 1.29 is 13.2 Å². The predicted octanol–water partition coefficient (Wildman–Crippen LogP) is 0.760. The number of nitrogens with one attached hydrogen (secondary N) is 2. The molecule has 6 nitrogen and oxygen atoms in total. The molecule has 1 atom stereocenters. The summed E-state index contributed by atoms with van der Waals surface area (Å²) in [7, 11) is -3.58. The van der Waals surface area contributed by atoms with E-state index in [9.17, 15) is 13.2 Å². The maximum Gasteiger partial charge on any atom is 0.251 e. The number of rotatable bonds is 7. The van der Waals surface area contributed by atoms with Crippen molar-refractivity contribution >= 4 is 15.9 Å². The summed E-state index contributed by atoms with van der Waals surface area (Å²) in [6.45, 7) is 4.19. The van der Waals surface area contributed by atoms with Crippen LogP contribution in [0, 0.1) is 12.8 Å². The summed E-state index contributed by atoms with van der Waals surface area (Å²) in [4.78, 5) is 12.5. The quantitative estimate of drug-likeness (QED) is 0.689. The smallest absolute Gasteiger partial charge is 0.251 e. The second kappa shape index (κ2) is 6.76. The maximum absolute atomic E-state index is 12.4. The monoisotopic (exact) mass is 325 g/mol. The van der Waals surface area contributed by atoms with Gasteiger partial charge in [0, 0.05) is 24.7 Å². The van der Waals surface area contributed by atoms with Crippen molar-refractivity contribution in [3.63, 3.8) is 0 Å². The molecule has 4 N–H and O–H groups in total. The summed E-state index contributed by atoms with van der Waals surface area (Å²) in [5.74, 6) is 0.177. The normalized spacial score (nSPS) is 16.3. The van der Waals surface area contributed by atoms with E-state index in [4.69, 9.17) is 5.73 Å². The van der Waals surface area contributed by atoms with E-state index in [0.29, 0.717) is 24.6 Å². The molecule has 0 aromatic heterocycles. The fourth-order valence-corrected chi connectivity index (χ4v) is 3.47. The zero-order valence-corrected chi connectivity index (χ0v) is 13.7. The number of benzene rings is 1. The van der Waals surface area contributed by atoms with Gasteiger partial charge in [0.25, 0.3) is 5.91 Å². The number of amides is 1. The number of hydrogen-bond donors (Lipinski definition) is 3. The molecule has 1 fully saturated rings. The first-order chi connectivity index (χ1) is 10.4. The molecule has 7 heteroatoms. The first kappa shape index (κ1) is 16.9. The molecule has 0 heterocycles. The molecule has 0 spiro atoms. The Morgan fingerprint density at radius 2 is 2.09 bits per heavy atom. The number of carbonyl (C=O) groups is 1. The van der Waals surface area contributed by atoms with Gasteiger partial charge in [0.2, 0.25) is 10.0 Å². The fraction of sp³-hybridized carbons (Fsp3) is 0.533. The lowest BCUT2D eigenvalue weighted by Gasteiger charge is -2.17. The van der Waals surface area contributed by atoms with E-state index in [1.165, 1.54) is 12.1 Å². The van der Waals surface area contributed by atoms with Crippen LogP contribution in [0.4, 0.5) is 0 Å². The molecule has 1 amide bonds. The molecule has 1 aromatic rings. The third-order valence-electron chi connectivity index (χ3n) is 3.86. The standard InChI is InChI=1S/C15H23N3O3S/c1-3-17-22(20,21)12-7-4-10(2)13(8-12)15(19)18-14(9-16)11-5-6-11/h4,7-8,11,14,17H,3,5-6,9,16H2,1-2H3,(H,18,19). The molecule has 1 unspecified atom stereocenters. The van der Waals surface area contributed by atoms with Gasteiger partial charge in [-0.05, 0) is 43.4 Å². The Bertz CT molecular complexity index is 654. The highest BCUT2D eigenvalue weighted by atomic mass is 32.2. The number of sulfonamides is 1. The second-order valence-corrected chi connectivity index (χ2v) is 7.40. The van der Waals surface area contributed by atoms with Gasteiger partial charge in [0.05, 0.1) is 4.90 Å². The molecule has 0 aliphatic heterocycles. The van der Waals surface area contributed by atoms with Gasteiger partial charge in [-0.25, -0.2) is 13.1 Å². The Morgan fingerprint density at radius 3 is 2.64 bits per heavy atom. The molecule has 0 radical (unpaired) electrons. The van der Waals surface area contributed by atoms with E-state index in [1.807, 2.05) is 0 Å². The molecule has 0 saturated heterocycles. The summed E-state index contributed by atoms with van der Waals surface area (Å²) in [5.41, 5.74) is 6.81. The molecule has 0 bridgehead atoms. The lowest BCUT2D eigenvalue weighted by molar-refractivity contribution is 0.0932. The average molecular weight is 325 g/mol. The Balaban J connectivity index is 2.24. The minimum atomic E-state index is -3.58. The minimum absolute atomic E-state index is 0.0408. The first-order valence-electron chi connectivity index (χ1n) is 7.50. The topological polar surface area (TPSA) is 101 Å². The van der Waals surface area contributed by atoms with Crippen LogP contribution >= 0.6 is 0 Å². The van der Waals surface area contributed by atoms with E-state index in [1.54, 1.807) is 19.9 Å². The van der Waals surface area contributed by atoms with Crippen LogP contribution in [0.15, 0.2) is 23.1 Å². The molecule has 2 rings (SSSR count). The third-order valence-corrected chi connectivity index (χ3v) is 5.40. The van der Waals surface area contributed by atoms with Crippen LogP contribution in [-0.2, 0) is 10.0 Å². The van der Waals surface area contributed by atoms with E-state index in [2.05, 4.69) is 10.0 Å². The van der Waals surface area contributed by atoms with Crippen molar-refractivity contribution in [3.8, 4) is 0 Å². The van der Waals surface area contributed by atoms with E-state index in [-0.39, 0.29) is 16.8 Å². The summed E-state index contributed by atoms with van der Waals surface area (Å²) < 4.78 is 26.5. The molecule has 122 valence electrons. The van der Waals surface area contributed by atoms with Crippen molar-refractivity contribution in [2.45, 2.75) is 37.6 Å². The zero-order chi connectivity index (χ0) is 16.3. The highest BCUT2D eigenvalue weighted by Crippen LogP contribution is 2.32. The summed E-state index contributed by atoms with van der Waals surface area (Å²) >= 11 is 0. The van der Waals surface area contributed by atoms with Crippen molar-refractivity contribution in [1.29, 1.82) is 0 Å². The van der Waals surface area contributed by atoms with Gasteiger partial charge in [0.1, 0.15) is 0 Å². The maximum atomic E-state index is 12.4. The SMILES string of the molecule is CCNS(=O)(=O)c1ccc(C)c(C(=O)NC(CN)C2CC2)c1. The number of nitrogens with two attached hydrogens (primary N) is 1. The number of aryl methyl sites for hydroxylation is 1. The number of carbonyl (C=O) groups excluding carboxylic acids is 1. The van der Waals surface area contributed by atoms with Crippen LogP contribution in [0.2, 0.25) is 0 Å².